The zero-order chi connectivity index (χ0) is 12.1. The Morgan fingerprint density at radius 1 is 1.44 bits per heavy atom. The van der Waals surface area contributed by atoms with E-state index in [1.54, 1.807) is 0 Å². The number of hydrogen-bond donors (Lipinski definition) is 2. The molecule has 0 aliphatic carbocycles. The SMILES string of the molecule is CC(C)C(CN)C(=O)NC1CCS(=O)CC1. The molecule has 16 heavy (non-hydrogen) atoms. The monoisotopic (exact) mass is 246 g/mol. The van der Waals surface area contributed by atoms with Gasteiger partial charge in [-0.25, -0.2) is 0 Å². The highest BCUT2D eigenvalue weighted by atomic mass is 32.2. The fraction of sp³-hybridized carbons (Fsp3) is 0.909. The molecule has 0 bridgehead atoms. The summed E-state index contributed by atoms with van der Waals surface area (Å²) >= 11 is 0. The predicted octanol–water partition coefficient (Wildman–Crippen LogP) is 0.245. The number of amides is 1. The molecule has 0 aromatic carbocycles. The molecule has 1 atom stereocenters. The maximum absolute atomic E-state index is 11.9. The molecule has 1 aliphatic heterocycles. The van der Waals surface area contributed by atoms with Gasteiger partial charge in [-0.2, -0.15) is 0 Å². The topological polar surface area (TPSA) is 72.2 Å². The maximum atomic E-state index is 11.9. The van der Waals surface area contributed by atoms with Crippen molar-refractivity contribution in [1.29, 1.82) is 0 Å². The lowest BCUT2D eigenvalue weighted by molar-refractivity contribution is -0.126. The van der Waals surface area contributed by atoms with E-state index in [1.807, 2.05) is 13.8 Å². The van der Waals surface area contributed by atoms with E-state index in [2.05, 4.69) is 5.32 Å². The molecule has 0 aromatic heterocycles. The van der Waals surface area contributed by atoms with Crippen LogP contribution in [0, 0.1) is 11.8 Å². The van der Waals surface area contributed by atoms with Gasteiger partial charge in [0.2, 0.25) is 5.91 Å². The molecular formula is C11H22N2O2S. The fourth-order valence-electron chi connectivity index (χ4n) is 1.93. The van der Waals surface area contributed by atoms with Gasteiger partial charge in [-0.05, 0) is 18.8 Å². The van der Waals surface area contributed by atoms with Crippen molar-refractivity contribution < 1.29 is 9.00 Å². The van der Waals surface area contributed by atoms with Gasteiger partial charge < -0.3 is 11.1 Å². The van der Waals surface area contributed by atoms with Crippen LogP contribution < -0.4 is 11.1 Å². The summed E-state index contributed by atoms with van der Waals surface area (Å²) in [6.45, 7) is 4.40. The molecule has 0 spiro atoms. The molecule has 94 valence electrons. The normalized spacial score (nSPS) is 27.8. The average molecular weight is 246 g/mol. The molecule has 1 amide bonds. The number of nitrogens with two attached hydrogens (primary N) is 1. The first-order valence-corrected chi connectivity index (χ1v) is 7.38. The minimum atomic E-state index is -0.673. The van der Waals surface area contributed by atoms with E-state index in [9.17, 15) is 9.00 Å². The van der Waals surface area contributed by atoms with E-state index >= 15 is 0 Å². The summed E-state index contributed by atoms with van der Waals surface area (Å²) in [6, 6.07) is 0.193. The number of nitrogens with one attached hydrogen (secondary N) is 1. The highest BCUT2D eigenvalue weighted by Crippen LogP contribution is 2.13. The van der Waals surface area contributed by atoms with Crippen molar-refractivity contribution in [3.8, 4) is 0 Å². The van der Waals surface area contributed by atoms with Crippen LogP contribution in [0.4, 0.5) is 0 Å². The van der Waals surface area contributed by atoms with Crippen molar-refractivity contribution in [2.75, 3.05) is 18.1 Å². The van der Waals surface area contributed by atoms with Crippen molar-refractivity contribution in [3.63, 3.8) is 0 Å². The zero-order valence-corrected chi connectivity index (χ0v) is 10.9. The van der Waals surface area contributed by atoms with Crippen LogP contribution in [0.2, 0.25) is 0 Å². The van der Waals surface area contributed by atoms with Gasteiger partial charge in [-0.1, -0.05) is 13.8 Å². The highest BCUT2D eigenvalue weighted by molar-refractivity contribution is 7.85. The van der Waals surface area contributed by atoms with Crippen LogP contribution in [0.1, 0.15) is 26.7 Å². The molecule has 1 unspecified atom stereocenters. The Balaban J connectivity index is 2.41. The molecule has 1 saturated heterocycles. The van der Waals surface area contributed by atoms with Gasteiger partial charge in [-0.3, -0.25) is 9.00 Å². The number of carbonyl (C=O) groups excluding carboxylic acids is 1. The molecule has 1 heterocycles. The minimum absolute atomic E-state index is 0.0511. The van der Waals surface area contributed by atoms with Crippen LogP contribution in [0.15, 0.2) is 0 Å². The van der Waals surface area contributed by atoms with Crippen molar-refractivity contribution in [1.82, 2.24) is 5.32 Å². The van der Waals surface area contributed by atoms with Gasteiger partial charge >= 0.3 is 0 Å². The lowest BCUT2D eigenvalue weighted by Gasteiger charge is -2.26. The molecular weight excluding hydrogens is 224 g/mol. The van der Waals surface area contributed by atoms with Gasteiger partial charge in [0.05, 0.1) is 5.92 Å². The van der Waals surface area contributed by atoms with E-state index < -0.39 is 10.8 Å². The van der Waals surface area contributed by atoms with Crippen LogP contribution in [0.3, 0.4) is 0 Å². The Morgan fingerprint density at radius 3 is 2.44 bits per heavy atom. The summed E-state index contributed by atoms with van der Waals surface area (Å²) in [5, 5.41) is 3.02. The average Bonchev–Trinajstić information content (AvgIpc) is 2.22. The second-order valence-electron chi connectivity index (χ2n) is 4.72. The molecule has 0 saturated carbocycles. The van der Waals surface area contributed by atoms with Gasteiger partial charge in [0.15, 0.2) is 0 Å². The van der Waals surface area contributed by atoms with Crippen molar-refractivity contribution in [2.24, 2.45) is 17.6 Å². The summed E-state index contributed by atoms with van der Waals surface area (Å²) in [6.07, 6.45) is 1.65. The summed E-state index contributed by atoms with van der Waals surface area (Å²) in [7, 11) is -0.673. The summed E-state index contributed by atoms with van der Waals surface area (Å²) in [5.41, 5.74) is 5.59. The van der Waals surface area contributed by atoms with Crippen LogP contribution >= 0.6 is 0 Å². The van der Waals surface area contributed by atoms with Crippen molar-refractivity contribution in [2.45, 2.75) is 32.7 Å². The highest BCUT2D eigenvalue weighted by Gasteiger charge is 2.25. The van der Waals surface area contributed by atoms with E-state index in [0.717, 1.165) is 12.8 Å². The first-order valence-electron chi connectivity index (χ1n) is 5.90. The first-order chi connectivity index (χ1) is 7.54. The summed E-state index contributed by atoms with van der Waals surface area (Å²) in [5.74, 6) is 1.63. The molecule has 3 N–H and O–H groups in total. The van der Waals surface area contributed by atoms with E-state index in [4.69, 9.17) is 5.73 Å². The third-order valence-electron chi connectivity index (χ3n) is 3.13. The fourth-order valence-corrected chi connectivity index (χ4v) is 3.23. The van der Waals surface area contributed by atoms with Crippen molar-refractivity contribution >= 4 is 16.7 Å². The van der Waals surface area contributed by atoms with Gasteiger partial charge in [0, 0.05) is 34.9 Å². The second kappa shape index (κ2) is 6.35. The lowest BCUT2D eigenvalue weighted by atomic mass is 9.94. The molecule has 1 fully saturated rings. The Bertz CT molecular complexity index is 259. The van der Waals surface area contributed by atoms with Crippen LogP contribution in [0.5, 0.6) is 0 Å². The number of carbonyl (C=O) groups is 1. The summed E-state index contributed by atoms with van der Waals surface area (Å²) in [4.78, 5) is 11.9. The lowest BCUT2D eigenvalue weighted by Crippen LogP contribution is -2.45. The molecule has 0 radical (unpaired) electrons. The number of hydrogen-bond acceptors (Lipinski definition) is 3. The van der Waals surface area contributed by atoms with E-state index in [-0.39, 0.29) is 23.8 Å². The summed E-state index contributed by atoms with van der Waals surface area (Å²) < 4.78 is 11.2. The molecule has 1 rings (SSSR count). The molecule has 0 aromatic rings. The van der Waals surface area contributed by atoms with Crippen molar-refractivity contribution in [3.05, 3.63) is 0 Å². The maximum Gasteiger partial charge on any atom is 0.224 e. The standard InChI is InChI=1S/C11H22N2O2S/c1-8(2)10(7-12)11(14)13-9-3-5-16(15)6-4-9/h8-10H,3-7,12H2,1-2H3,(H,13,14). The molecule has 1 aliphatic rings. The third-order valence-corrected chi connectivity index (χ3v) is 4.51. The van der Waals surface area contributed by atoms with Gasteiger partial charge in [0.1, 0.15) is 0 Å². The Labute approximate surface area is 99.8 Å². The van der Waals surface area contributed by atoms with Crippen LogP contribution in [-0.4, -0.2) is 34.2 Å². The second-order valence-corrected chi connectivity index (χ2v) is 6.41. The molecule has 4 nitrogen and oxygen atoms in total. The van der Waals surface area contributed by atoms with E-state index in [1.165, 1.54) is 0 Å². The van der Waals surface area contributed by atoms with E-state index in [0.29, 0.717) is 18.1 Å². The van der Waals surface area contributed by atoms with Crippen LogP contribution in [-0.2, 0) is 15.6 Å². The van der Waals surface area contributed by atoms with Gasteiger partial charge in [-0.15, -0.1) is 0 Å². The Hall–Kier alpha value is -0.420. The Kier molecular flexibility index (Phi) is 5.41. The minimum Gasteiger partial charge on any atom is -0.353 e. The smallest absolute Gasteiger partial charge is 0.224 e. The zero-order valence-electron chi connectivity index (χ0n) is 10.1. The predicted molar refractivity (Wildman–Crippen MR) is 66.4 cm³/mol. The third kappa shape index (κ3) is 3.87. The van der Waals surface area contributed by atoms with Crippen LogP contribution in [0.25, 0.3) is 0 Å². The largest absolute Gasteiger partial charge is 0.353 e. The molecule has 5 heteroatoms. The quantitative estimate of drug-likeness (QED) is 0.746. The Morgan fingerprint density at radius 2 is 2.00 bits per heavy atom. The number of rotatable bonds is 4. The first kappa shape index (κ1) is 13.6. The van der Waals surface area contributed by atoms with Gasteiger partial charge in [0.25, 0.3) is 0 Å².